The summed E-state index contributed by atoms with van der Waals surface area (Å²) in [7, 11) is 5.93. The second kappa shape index (κ2) is 8.39. The molecule has 0 saturated heterocycles. The highest BCUT2D eigenvalue weighted by molar-refractivity contribution is 6.39. The first-order chi connectivity index (χ1) is 13.4. The standard InChI is InChI=1S/C21H25FN4O2/c1-25(2)19(14-8-9-18-15(12-14)10-11-26(18)3)13-23-20(27)21(28)24-17-7-5-4-6-16(17)22/h4-9,12,19H,10-11,13H2,1-3H3,(H,23,27)(H,24,28). The lowest BCUT2D eigenvalue weighted by Crippen LogP contribution is -2.40. The van der Waals surface area contributed by atoms with Crippen molar-refractivity contribution >= 4 is 23.2 Å². The van der Waals surface area contributed by atoms with Crippen molar-refractivity contribution in [1.29, 1.82) is 0 Å². The van der Waals surface area contributed by atoms with Gasteiger partial charge in [0.25, 0.3) is 0 Å². The van der Waals surface area contributed by atoms with Gasteiger partial charge in [-0.15, -0.1) is 0 Å². The van der Waals surface area contributed by atoms with Crippen LogP contribution in [-0.2, 0) is 16.0 Å². The van der Waals surface area contributed by atoms with Crippen molar-refractivity contribution in [3.8, 4) is 0 Å². The number of halogens is 1. The zero-order valence-corrected chi connectivity index (χ0v) is 16.3. The van der Waals surface area contributed by atoms with E-state index in [1.165, 1.54) is 29.4 Å². The molecule has 1 unspecified atom stereocenters. The molecule has 2 amide bonds. The van der Waals surface area contributed by atoms with E-state index in [4.69, 9.17) is 0 Å². The summed E-state index contributed by atoms with van der Waals surface area (Å²) in [5.41, 5.74) is 3.58. The third-order valence-electron chi connectivity index (χ3n) is 5.02. The summed E-state index contributed by atoms with van der Waals surface area (Å²) in [4.78, 5) is 28.5. The Hall–Kier alpha value is -2.93. The molecule has 1 aliphatic rings. The number of carbonyl (C=O) groups excluding carboxylic acids is 2. The summed E-state index contributed by atoms with van der Waals surface area (Å²) in [6, 6.07) is 12.0. The first-order valence-corrected chi connectivity index (χ1v) is 9.21. The van der Waals surface area contributed by atoms with E-state index >= 15 is 0 Å². The van der Waals surface area contributed by atoms with Crippen LogP contribution in [0.4, 0.5) is 15.8 Å². The molecule has 28 heavy (non-hydrogen) atoms. The van der Waals surface area contributed by atoms with Gasteiger partial charge in [0, 0.05) is 25.8 Å². The molecule has 6 nitrogen and oxygen atoms in total. The van der Waals surface area contributed by atoms with E-state index in [2.05, 4.69) is 40.8 Å². The molecule has 2 aromatic carbocycles. The molecule has 2 aromatic rings. The topological polar surface area (TPSA) is 64.7 Å². The minimum atomic E-state index is -0.891. The van der Waals surface area contributed by atoms with Crippen LogP contribution in [-0.4, -0.2) is 50.9 Å². The summed E-state index contributed by atoms with van der Waals surface area (Å²) in [5.74, 6) is -2.27. The smallest absolute Gasteiger partial charge is 0.313 e. The minimum absolute atomic E-state index is 0.0189. The summed E-state index contributed by atoms with van der Waals surface area (Å²) in [6.45, 7) is 1.27. The SMILES string of the molecule is CN1CCc2cc(C(CNC(=O)C(=O)Nc3ccccc3F)N(C)C)ccc21. The molecule has 0 saturated carbocycles. The highest BCUT2D eigenvalue weighted by Crippen LogP contribution is 2.30. The van der Waals surface area contributed by atoms with Gasteiger partial charge in [-0.05, 0) is 49.8 Å². The summed E-state index contributed by atoms with van der Waals surface area (Å²) in [6.07, 6.45) is 0.997. The van der Waals surface area contributed by atoms with Crippen LogP contribution >= 0.6 is 0 Å². The lowest BCUT2D eigenvalue weighted by atomic mass is 10.0. The minimum Gasteiger partial charge on any atom is -0.374 e. The fraction of sp³-hybridized carbons (Fsp3) is 0.333. The number of nitrogens with one attached hydrogen (secondary N) is 2. The van der Waals surface area contributed by atoms with E-state index in [9.17, 15) is 14.0 Å². The largest absolute Gasteiger partial charge is 0.374 e. The van der Waals surface area contributed by atoms with E-state index in [1.807, 2.05) is 19.0 Å². The molecule has 0 fully saturated rings. The van der Waals surface area contributed by atoms with Crippen LogP contribution < -0.4 is 15.5 Å². The van der Waals surface area contributed by atoms with E-state index in [1.54, 1.807) is 6.07 Å². The maximum Gasteiger partial charge on any atom is 0.313 e. The van der Waals surface area contributed by atoms with Gasteiger partial charge in [-0.1, -0.05) is 24.3 Å². The molecule has 1 aliphatic heterocycles. The van der Waals surface area contributed by atoms with E-state index in [0.717, 1.165) is 18.5 Å². The number of fused-ring (bicyclic) bond motifs is 1. The van der Waals surface area contributed by atoms with Gasteiger partial charge in [0.15, 0.2) is 0 Å². The Morgan fingerprint density at radius 1 is 1.18 bits per heavy atom. The van der Waals surface area contributed by atoms with Gasteiger partial charge in [0.05, 0.1) is 11.7 Å². The number of carbonyl (C=O) groups is 2. The fourth-order valence-corrected chi connectivity index (χ4v) is 3.40. The van der Waals surface area contributed by atoms with E-state index < -0.39 is 17.6 Å². The summed E-state index contributed by atoms with van der Waals surface area (Å²) >= 11 is 0. The highest BCUT2D eigenvalue weighted by atomic mass is 19.1. The first kappa shape index (κ1) is 19.8. The zero-order chi connectivity index (χ0) is 20.3. The molecule has 0 radical (unpaired) electrons. The molecule has 0 spiro atoms. The van der Waals surface area contributed by atoms with Gasteiger partial charge in [-0.25, -0.2) is 4.39 Å². The van der Waals surface area contributed by atoms with E-state index in [0.29, 0.717) is 0 Å². The van der Waals surface area contributed by atoms with Crippen LogP contribution in [0.1, 0.15) is 17.2 Å². The average Bonchev–Trinajstić information content (AvgIpc) is 3.03. The van der Waals surface area contributed by atoms with Gasteiger partial charge in [-0.2, -0.15) is 0 Å². The highest BCUT2D eigenvalue weighted by Gasteiger charge is 2.22. The lowest BCUT2D eigenvalue weighted by Gasteiger charge is -2.26. The molecule has 3 rings (SSSR count). The van der Waals surface area contributed by atoms with Crippen molar-refractivity contribution < 1.29 is 14.0 Å². The van der Waals surface area contributed by atoms with Crippen molar-refractivity contribution in [2.75, 3.05) is 44.4 Å². The summed E-state index contributed by atoms with van der Waals surface area (Å²) < 4.78 is 13.6. The Bertz CT molecular complexity index is 884. The lowest BCUT2D eigenvalue weighted by molar-refractivity contribution is -0.136. The number of hydrogen-bond acceptors (Lipinski definition) is 4. The van der Waals surface area contributed by atoms with Crippen molar-refractivity contribution in [1.82, 2.24) is 10.2 Å². The number of anilines is 2. The molecular formula is C21H25FN4O2. The predicted octanol–water partition coefficient (Wildman–Crippen LogP) is 2.18. The number of hydrogen-bond donors (Lipinski definition) is 2. The molecule has 0 aromatic heterocycles. The Balaban J connectivity index is 1.64. The van der Waals surface area contributed by atoms with Gasteiger partial charge < -0.3 is 20.4 Å². The van der Waals surface area contributed by atoms with Crippen LogP contribution in [0.2, 0.25) is 0 Å². The van der Waals surface area contributed by atoms with Crippen LogP contribution in [0, 0.1) is 5.82 Å². The first-order valence-electron chi connectivity index (χ1n) is 9.21. The molecule has 7 heteroatoms. The van der Waals surface area contributed by atoms with Crippen LogP contribution in [0.3, 0.4) is 0 Å². The number of rotatable bonds is 5. The Labute approximate surface area is 164 Å². The molecule has 0 aliphatic carbocycles. The molecule has 1 atom stereocenters. The third-order valence-corrected chi connectivity index (χ3v) is 5.02. The van der Waals surface area contributed by atoms with Gasteiger partial charge >= 0.3 is 11.8 Å². The maximum atomic E-state index is 13.6. The normalized spacial score (nSPS) is 14.0. The van der Waals surface area contributed by atoms with Crippen LogP contribution in [0.25, 0.3) is 0 Å². The maximum absolute atomic E-state index is 13.6. The Kier molecular flexibility index (Phi) is 5.94. The quantitative estimate of drug-likeness (QED) is 0.776. The van der Waals surface area contributed by atoms with E-state index in [-0.39, 0.29) is 18.3 Å². The summed E-state index contributed by atoms with van der Waals surface area (Å²) in [5, 5.41) is 4.95. The van der Waals surface area contributed by atoms with Crippen molar-refractivity contribution in [3.63, 3.8) is 0 Å². The molecule has 2 N–H and O–H groups in total. The Morgan fingerprint density at radius 2 is 1.93 bits per heavy atom. The monoisotopic (exact) mass is 384 g/mol. The number of amides is 2. The average molecular weight is 384 g/mol. The Morgan fingerprint density at radius 3 is 2.64 bits per heavy atom. The number of para-hydroxylation sites is 1. The second-order valence-corrected chi connectivity index (χ2v) is 7.18. The van der Waals surface area contributed by atoms with Crippen molar-refractivity contribution in [2.45, 2.75) is 12.5 Å². The van der Waals surface area contributed by atoms with Gasteiger partial charge in [0.2, 0.25) is 0 Å². The fourth-order valence-electron chi connectivity index (χ4n) is 3.40. The number of benzene rings is 2. The van der Waals surface area contributed by atoms with Crippen molar-refractivity contribution in [3.05, 3.63) is 59.4 Å². The third kappa shape index (κ3) is 4.31. The van der Waals surface area contributed by atoms with Crippen molar-refractivity contribution in [2.24, 2.45) is 0 Å². The zero-order valence-electron chi connectivity index (χ0n) is 16.3. The number of nitrogens with zero attached hydrogens (tertiary/aromatic N) is 2. The van der Waals surface area contributed by atoms with Gasteiger partial charge in [0.1, 0.15) is 5.82 Å². The molecule has 148 valence electrons. The van der Waals surface area contributed by atoms with Crippen LogP contribution in [0.15, 0.2) is 42.5 Å². The number of likely N-dealkylation sites (N-methyl/N-ethyl adjacent to an activating group) is 2. The van der Waals surface area contributed by atoms with Crippen LogP contribution in [0.5, 0.6) is 0 Å². The predicted molar refractivity (Wildman–Crippen MR) is 108 cm³/mol. The molecule has 0 bridgehead atoms. The molecular weight excluding hydrogens is 359 g/mol. The second-order valence-electron chi connectivity index (χ2n) is 7.18. The van der Waals surface area contributed by atoms with Gasteiger partial charge in [-0.3, -0.25) is 9.59 Å². The molecule has 1 heterocycles.